The van der Waals surface area contributed by atoms with Crippen molar-refractivity contribution in [1.29, 1.82) is 0 Å². The van der Waals surface area contributed by atoms with Gasteiger partial charge in [-0.2, -0.15) is 5.10 Å². The minimum absolute atomic E-state index is 0.0484. The maximum Gasteiger partial charge on any atom is 0.138 e. The molecule has 1 aromatic carbocycles. The Morgan fingerprint density at radius 2 is 2.04 bits per heavy atom. The van der Waals surface area contributed by atoms with Crippen molar-refractivity contribution in [3.63, 3.8) is 0 Å². The molecule has 0 radical (unpaired) electrons. The Bertz CT molecular complexity index is 830. The van der Waals surface area contributed by atoms with Gasteiger partial charge in [0.15, 0.2) is 0 Å². The number of ketones is 1. The number of hydrogen-bond donors (Lipinski definition) is 2. The normalized spacial score (nSPS) is 10.7. The van der Waals surface area contributed by atoms with Gasteiger partial charge in [-0.3, -0.25) is 14.9 Å². The molecule has 6 nitrogen and oxygen atoms in total. The van der Waals surface area contributed by atoms with Crippen LogP contribution in [-0.4, -0.2) is 32.7 Å². The summed E-state index contributed by atoms with van der Waals surface area (Å²) in [5, 5.41) is 15.6. The van der Waals surface area contributed by atoms with E-state index in [1.54, 1.807) is 12.4 Å². The minimum atomic E-state index is 0.0484. The fourth-order valence-electron chi connectivity index (χ4n) is 2.61. The Kier molecular flexibility index (Phi) is 6.11. The average molecular weight is 351 g/mol. The number of H-pyrrole nitrogens is 1. The summed E-state index contributed by atoms with van der Waals surface area (Å²) in [5.41, 5.74) is 3.62. The van der Waals surface area contributed by atoms with Crippen molar-refractivity contribution < 1.29 is 14.6 Å². The SMILES string of the molecule is O=C(CCCO)Cc1cccc(COc2ccc(-c3ccn[nH]3)nc2)c1. The van der Waals surface area contributed by atoms with E-state index < -0.39 is 0 Å². The summed E-state index contributed by atoms with van der Waals surface area (Å²) in [5.74, 6) is 0.813. The van der Waals surface area contributed by atoms with E-state index in [0.29, 0.717) is 31.6 Å². The molecule has 0 aliphatic rings. The van der Waals surface area contributed by atoms with E-state index in [2.05, 4.69) is 15.2 Å². The van der Waals surface area contributed by atoms with Gasteiger partial charge in [0.25, 0.3) is 0 Å². The Labute approximate surface area is 151 Å². The van der Waals surface area contributed by atoms with Gasteiger partial charge in [-0.1, -0.05) is 24.3 Å². The molecule has 2 heterocycles. The molecule has 0 saturated heterocycles. The van der Waals surface area contributed by atoms with Crippen LogP contribution in [0, 0.1) is 0 Å². The van der Waals surface area contributed by atoms with Gasteiger partial charge in [0.1, 0.15) is 18.1 Å². The van der Waals surface area contributed by atoms with Gasteiger partial charge >= 0.3 is 0 Å². The number of nitrogens with zero attached hydrogens (tertiary/aromatic N) is 2. The van der Waals surface area contributed by atoms with Crippen LogP contribution in [0.2, 0.25) is 0 Å². The molecule has 0 bridgehead atoms. The summed E-state index contributed by atoms with van der Waals surface area (Å²) in [6, 6.07) is 13.4. The van der Waals surface area contributed by atoms with Crippen molar-refractivity contribution in [1.82, 2.24) is 15.2 Å². The molecule has 0 saturated carbocycles. The zero-order valence-electron chi connectivity index (χ0n) is 14.4. The molecule has 0 aliphatic carbocycles. The van der Waals surface area contributed by atoms with Gasteiger partial charge in [0.2, 0.25) is 0 Å². The van der Waals surface area contributed by atoms with E-state index in [9.17, 15) is 4.79 Å². The predicted octanol–water partition coefficient (Wildman–Crippen LogP) is 2.93. The number of aliphatic hydroxyl groups excluding tert-OH is 1. The molecule has 2 aromatic heterocycles. The van der Waals surface area contributed by atoms with Gasteiger partial charge in [-0.15, -0.1) is 0 Å². The zero-order chi connectivity index (χ0) is 18.2. The van der Waals surface area contributed by atoms with Crippen molar-refractivity contribution in [2.24, 2.45) is 0 Å². The number of nitrogens with one attached hydrogen (secondary N) is 1. The number of carbonyl (C=O) groups is 1. The number of rotatable bonds is 9. The molecule has 6 heteroatoms. The van der Waals surface area contributed by atoms with Crippen molar-refractivity contribution in [2.45, 2.75) is 25.9 Å². The summed E-state index contributed by atoms with van der Waals surface area (Å²) in [7, 11) is 0. The molecule has 0 unspecified atom stereocenters. The van der Waals surface area contributed by atoms with E-state index >= 15 is 0 Å². The molecule has 0 aliphatic heterocycles. The van der Waals surface area contributed by atoms with Gasteiger partial charge in [0.05, 0.1) is 17.6 Å². The van der Waals surface area contributed by atoms with E-state index in [4.69, 9.17) is 9.84 Å². The monoisotopic (exact) mass is 351 g/mol. The molecule has 3 rings (SSSR count). The third-order valence-corrected chi connectivity index (χ3v) is 3.92. The van der Waals surface area contributed by atoms with Gasteiger partial charge < -0.3 is 9.84 Å². The second-order valence-electron chi connectivity index (χ2n) is 6.00. The zero-order valence-corrected chi connectivity index (χ0v) is 14.4. The Morgan fingerprint density at radius 1 is 1.15 bits per heavy atom. The topological polar surface area (TPSA) is 88.1 Å². The Balaban J connectivity index is 1.56. The number of ether oxygens (including phenoxy) is 1. The van der Waals surface area contributed by atoms with Crippen LogP contribution in [-0.2, 0) is 17.8 Å². The van der Waals surface area contributed by atoms with Crippen LogP contribution in [0.4, 0.5) is 0 Å². The molecule has 0 atom stereocenters. The second kappa shape index (κ2) is 8.92. The number of aromatic nitrogens is 3. The molecule has 3 aromatic rings. The highest BCUT2D eigenvalue weighted by molar-refractivity contribution is 5.80. The third kappa shape index (κ3) is 5.00. The number of pyridine rings is 1. The summed E-state index contributed by atoms with van der Waals surface area (Å²) < 4.78 is 5.78. The maximum atomic E-state index is 11.8. The van der Waals surface area contributed by atoms with E-state index in [0.717, 1.165) is 22.5 Å². The maximum absolute atomic E-state index is 11.8. The highest BCUT2D eigenvalue weighted by atomic mass is 16.5. The Morgan fingerprint density at radius 3 is 2.77 bits per heavy atom. The predicted molar refractivity (Wildman–Crippen MR) is 97.6 cm³/mol. The third-order valence-electron chi connectivity index (χ3n) is 3.92. The van der Waals surface area contributed by atoms with Crippen molar-refractivity contribution >= 4 is 5.78 Å². The lowest BCUT2D eigenvalue weighted by Crippen LogP contribution is -2.04. The molecule has 0 amide bonds. The van der Waals surface area contributed by atoms with Crippen molar-refractivity contribution in [3.8, 4) is 17.1 Å². The van der Waals surface area contributed by atoms with Gasteiger partial charge in [-0.05, 0) is 35.7 Å². The molecule has 0 spiro atoms. The summed E-state index contributed by atoms with van der Waals surface area (Å²) in [6.45, 7) is 0.455. The lowest BCUT2D eigenvalue weighted by atomic mass is 10.0. The van der Waals surface area contributed by atoms with Crippen LogP contribution >= 0.6 is 0 Å². The van der Waals surface area contributed by atoms with E-state index in [-0.39, 0.29) is 12.4 Å². The van der Waals surface area contributed by atoms with E-state index in [1.807, 2.05) is 42.5 Å². The first-order chi connectivity index (χ1) is 12.7. The number of carbonyl (C=O) groups excluding carboxylic acids is 1. The summed E-state index contributed by atoms with van der Waals surface area (Å²) >= 11 is 0. The first kappa shape index (κ1) is 17.8. The van der Waals surface area contributed by atoms with Crippen LogP contribution in [0.25, 0.3) is 11.4 Å². The van der Waals surface area contributed by atoms with Crippen molar-refractivity contribution in [3.05, 3.63) is 66.0 Å². The minimum Gasteiger partial charge on any atom is -0.487 e. The average Bonchev–Trinajstić information content (AvgIpc) is 3.20. The quantitative estimate of drug-likeness (QED) is 0.619. The van der Waals surface area contributed by atoms with Crippen molar-refractivity contribution in [2.75, 3.05) is 6.61 Å². The standard InChI is InChI=1S/C20H21N3O3/c24-10-2-5-17(25)12-15-3-1-4-16(11-15)14-26-18-6-7-19(21-13-18)20-8-9-22-23-20/h1,3-4,6-9,11,13,24H,2,5,10,12,14H2,(H,22,23). The van der Waals surface area contributed by atoms with Crippen LogP contribution in [0.3, 0.4) is 0 Å². The second-order valence-corrected chi connectivity index (χ2v) is 6.00. The molecule has 2 N–H and O–H groups in total. The fourth-order valence-corrected chi connectivity index (χ4v) is 2.61. The smallest absolute Gasteiger partial charge is 0.138 e. The first-order valence-electron chi connectivity index (χ1n) is 8.53. The lowest BCUT2D eigenvalue weighted by Gasteiger charge is -2.08. The van der Waals surface area contributed by atoms with Gasteiger partial charge in [0, 0.05) is 25.6 Å². The number of aliphatic hydroxyl groups is 1. The highest BCUT2D eigenvalue weighted by Crippen LogP contribution is 2.18. The molecule has 26 heavy (non-hydrogen) atoms. The molecule has 134 valence electrons. The van der Waals surface area contributed by atoms with Gasteiger partial charge in [-0.25, -0.2) is 0 Å². The van der Waals surface area contributed by atoms with Crippen LogP contribution in [0.5, 0.6) is 5.75 Å². The Hall–Kier alpha value is -2.99. The van der Waals surface area contributed by atoms with E-state index in [1.165, 1.54) is 0 Å². The van der Waals surface area contributed by atoms with Crippen LogP contribution < -0.4 is 4.74 Å². The number of Topliss-reactive ketones (excluding diaryl/α,β-unsaturated/α-hetero) is 1. The van der Waals surface area contributed by atoms with Crippen LogP contribution in [0.1, 0.15) is 24.0 Å². The highest BCUT2D eigenvalue weighted by Gasteiger charge is 2.05. The largest absolute Gasteiger partial charge is 0.487 e. The lowest BCUT2D eigenvalue weighted by molar-refractivity contribution is -0.118. The summed E-state index contributed by atoms with van der Waals surface area (Å²) in [4.78, 5) is 16.2. The number of benzene rings is 1. The molecule has 0 fully saturated rings. The number of hydrogen-bond acceptors (Lipinski definition) is 5. The molecular formula is C20H21N3O3. The van der Waals surface area contributed by atoms with Crippen LogP contribution in [0.15, 0.2) is 54.9 Å². The first-order valence-corrected chi connectivity index (χ1v) is 8.53. The fraction of sp³-hybridized carbons (Fsp3) is 0.250. The number of aromatic amines is 1. The summed E-state index contributed by atoms with van der Waals surface area (Å²) in [6.07, 6.45) is 4.67. The molecular weight excluding hydrogens is 330 g/mol.